The first-order valence-electron chi connectivity index (χ1n) is 9.64. The highest BCUT2D eigenvalue weighted by molar-refractivity contribution is 7.91. The normalized spacial score (nSPS) is 11.3. The van der Waals surface area contributed by atoms with Gasteiger partial charge in [-0.05, 0) is 42.0 Å². The summed E-state index contributed by atoms with van der Waals surface area (Å²) in [6.07, 6.45) is 0.898. The zero-order valence-electron chi connectivity index (χ0n) is 15.8. The van der Waals surface area contributed by atoms with Gasteiger partial charge in [-0.2, -0.15) is 0 Å². The van der Waals surface area contributed by atoms with Gasteiger partial charge in [-0.1, -0.05) is 84.9 Å². The standard InChI is InChI=1S/C26H24OP/c1-5-13-23(14-6-1)21-22-27-28(24-15-7-2-8-16-24,25-17-9-3-10-18-25)26-19-11-4-12-20-26/h1-20H,21-22H2/q+1. The molecule has 0 heterocycles. The molecule has 0 fully saturated rings. The van der Waals surface area contributed by atoms with Crippen molar-refractivity contribution in [3.05, 3.63) is 127 Å². The van der Waals surface area contributed by atoms with Gasteiger partial charge in [0.2, 0.25) is 7.49 Å². The Morgan fingerprint density at radius 3 is 1.21 bits per heavy atom. The summed E-state index contributed by atoms with van der Waals surface area (Å²) in [6.45, 7) is 0.677. The minimum Gasteiger partial charge on any atom is -0.221 e. The summed E-state index contributed by atoms with van der Waals surface area (Å²) in [5.41, 5.74) is 1.30. The lowest BCUT2D eigenvalue weighted by Gasteiger charge is -2.25. The Bertz CT molecular complexity index is 873. The Kier molecular flexibility index (Phi) is 5.97. The molecule has 138 valence electrons. The van der Waals surface area contributed by atoms with E-state index in [1.807, 2.05) is 0 Å². The van der Waals surface area contributed by atoms with Crippen molar-refractivity contribution in [2.24, 2.45) is 0 Å². The Labute approximate surface area is 168 Å². The fourth-order valence-corrected chi connectivity index (χ4v) is 7.01. The highest BCUT2D eigenvalue weighted by Crippen LogP contribution is 2.56. The van der Waals surface area contributed by atoms with Crippen molar-refractivity contribution in [2.45, 2.75) is 6.42 Å². The van der Waals surface area contributed by atoms with Crippen LogP contribution in [0, 0.1) is 0 Å². The lowest BCUT2D eigenvalue weighted by atomic mass is 10.2. The van der Waals surface area contributed by atoms with Crippen LogP contribution >= 0.6 is 7.49 Å². The molecule has 0 aliphatic heterocycles. The Hall–Kier alpha value is -2.73. The molecule has 0 N–H and O–H groups in total. The molecule has 0 saturated heterocycles. The summed E-state index contributed by atoms with van der Waals surface area (Å²) in [5.74, 6) is 0. The lowest BCUT2D eigenvalue weighted by molar-refractivity contribution is 0.359. The SMILES string of the molecule is c1ccc(CCO[P+](c2ccccc2)(c2ccccc2)c2ccccc2)cc1. The summed E-state index contributed by atoms with van der Waals surface area (Å²) in [4.78, 5) is 0. The van der Waals surface area contributed by atoms with Gasteiger partial charge < -0.3 is 0 Å². The third kappa shape index (κ3) is 3.92. The van der Waals surface area contributed by atoms with Crippen LogP contribution in [0.25, 0.3) is 0 Å². The van der Waals surface area contributed by atoms with Gasteiger partial charge in [0, 0.05) is 6.42 Å². The second kappa shape index (κ2) is 8.97. The fraction of sp³-hybridized carbons (Fsp3) is 0.0769. The average Bonchev–Trinajstić information content (AvgIpc) is 2.79. The van der Waals surface area contributed by atoms with E-state index in [9.17, 15) is 0 Å². The molecule has 0 aromatic heterocycles. The van der Waals surface area contributed by atoms with Crippen LogP contribution in [0.2, 0.25) is 0 Å². The predicted molar refractivity (Wildman–Crippen MR) is 121 cm³/mol. The first kappa shape index (κ1) is 18.6. The summed E-state index contributed by atoms with van der Waals surface area (Å²) in [7, 11) is -2.19. The van der Waals surface area contributed by atoms with E-state index in [-0.39, 0.29) is 0 Å². The van der Waals surface area contributed by atoms with Gasteiger partial charge in [0.1, 0.15) is 15.9 Å². The second-order valence-electron chi connectivity index (χ2n) is 6.68. The monoisotopic (exact) mass is 383 g/mol. The zero-order chi connectivity index (χ0) is 19.1. The average molecular weight is 383 g/mol. The molecule has 0 saturated carbocycles. The lowest BCUT2D eigenvalue weighted by Crippen LogP contribution is -2.33. The van der Waals surface area contributed by atoms with Crippen molar-refractivity contribution < 1.29 is 4.52 Å². The van der Waals surface area contributed by atoms with Crippen LogP contribution in [0.1, 0.15) is 5.56 Å². The smallest absolute Gasteiger partial charge is 0.221 e. The van der Waals surface area contributed by atoms with Crippen LogP contribution < -0.4 is 15.9 Å². The maximum atomic E-state index is 6.90. The van der Waals surface area contributed by atoms with Gasteiger partial charge in [0.05, 0.1) is 6.61 Å². The quantitative estimate of drug-likeness (QED) is 0.401. The summed E-state index contributed by atoms with van der Waals surface area (Å²) >= 11 is 0. The van der Waals surface area contributed by atoms with Crippen LogP contribution in [0.5, 0.6) is 0 Å². The number of hydrogen-bond acceptors (Lipinski definition) is 1. The van der Waals surface area contributed by atoms with Gasteiger partial charge >= 0.3 is 0 Å². The summed E-state index contributed by atoms with van der Waals surface area (Å²) < 4.78 is 6.90. The van der Waals surface area contributed by atoms with E-state index in [4.69, 9.17) is 4.52 Å². The molecule has 28 heavy (non-hydrogen) atoms. The molecular weight excluding hydrogens is 359 g/mol. The van der Waals surface area contributed by atoms with E-state index in [1.165, 1.54) is 21.5 Å². The molecule has 4 aromatic carbocycles. The van der Waals surface area contributed by atoms with Gasteiger partial charge in [-0.3, -0.25) is 0 Å². The van der Waals surface area contributed by atoms with Crippen molar-refractivity contribution >= 4 is 23.4 Å². The number of hydrogen-bond donors (Lipinski definition) is 0. The molecule has 0 atom stereocenters. The molecule has 0 bridgehead atoms. The minimum absolute atomic E-state index is 0.677. The Morgan fingerprint density at radius 1 is 0.464 bits per heavy atom. The number of rotatable bonds is 7. The Morgan fingerprint density at radius 2 is 0.821 bits per heavy atom. The molecule has 0 aliphatic carbocycles. The van der Waals surface area contributed by atoms with Crippen LogP contribution in [0.3, 0.4) is 0 Å². The van der Waals surface area contributed by atoms with E-state index in [0.29, 0.717) is 6.61 Å². The largest absolute Gasteiger partial charge is 0.242 e. The van der Waals surface area contributed by atoms with E-state index in [2.05, 4.69) is 121 Å². The van der Waals surface area contributed by atoms with E-state index < -0.39 is 7.49 Å². The van der Waals surface area contributed by atoms with Gasteiger partial charge in [0.15, 0.2) is 0 Å². The highest BCUT2D eigenvalue weighted by Gasteiger charge is 2.47. The van der Waals surface area contributed by atoms with Crippen molar-refractivity contribution in [3.63, 3.8) is 0 Å². The van der Waals surface area contributed by atoms with Crippen LogP contribution in [-0.2, 0) is 10.9 Å². The molecule has 2 heteroatoms. The summed E-state index contributed by atoms with van der Waals surface area (Å²) in [6, 6.07) is 42.6. The minimum atomic E-state index is -2.19. The van der Waals surface area contributed by atoms with Crippen LogP contribution in [-0.4, -0.2) is 6.61 Å². The molecular formula is C26H24OP+. The van der Waals surface area contributed by atoms with E-state index in [0.717, 1.165) is 6.42 Å². The maximum absolute atomic E-state index is 6.90. The molecule has 0 unspecified atom stereocenters. The second-order valence-corrected chi connectivity index (χ2v) is 9.71. The zero-order valence-corrected chi connectivity index (χ0v) is 16.7. The van der Waals surface area contributed by atoms with E-state index in [1.54, 1.807) is 0 Å². The Balaban J connectivity index is 1.79. The van der Waals surface area contributed by atoms with Crippen molar-refractivity contribution in [1.29, 1.82) is 0 Å². The molecule has 0 amide bonds. The molecule has 0 spiro atoms. The maximum Gasteiger partial charge on any atom is 0.242 e. The fourth-order valence-electron chi connectivity index (χ4n) is 3.53. The van der Waals surface area contributed by atoms with Gasteiger partial charge in [-0.15, -0.1) is 0 Å². The predicted octanol–water partition coefficient (Wildman–Crippen LogP) is 5.15. The van der Waals surface area contributed by atoms with Gasteiger partial charge in [-0.25, -0.2) is 4.52 Å². The molecule has 0 aliphatic rings. The van der Waals surface area contributed by atoms with Crippen molar-refractivity contribution in [1.82, 2.24) is 0 Å². The van der Waals surface area contributed by atoms with Crippen molar-refractivity contribution in [3.8, 4) is 0 Å². The first-order valence-corrected chi connectivity index (χ1v) is 11.3. The summed E-state index contributed by atoms with van der Waals surface area (Å²) in [5, 5.41) is 3.75. The van der Waals surface area contributed by atoms with E-state index >= 15 is 0 Å². The first-order chi connectivity index (χ1) is 13.9. The van der Waals surface area contributed by atoms with Crippen LogP contribution in [0.4, 0.5) is 0 Å². The van der Waals surface area contributed by atoms with Crippen molar-refractivity contribution in [2.75, 3.05) is 6.61 Å². The third-order valence-electron chi connectivity index (χ3n) is 4.88. The molecule has 0 radical (unpaired) electrons. The molecule has 4 rings (SSSR count). The van der Waals surface area contributed by atoms with Gasteiger partial charge in [0.25, 0.3) is 0 Å². The third-order valence-corrected chi connectivity index (χ3v) is 8.52. The molecule has 1 nitrogen and oxygen atoms in total. The highest BCUT2D eigenvalue weighted by atomic mass is 31.2. The number of benzene rings is 4. The molecule has 4 aromatic rings. The van der Waals surface area contributed by atoms with Crippen LogP contribution in [0.15, 0.2) is 121 Å². The topological polar surface area (TPSA) is 9.23 Å².